The number of rotatable bonds is 2. The fourth-order valence-electron chi connectivity index (χ4n) is 2.21. The lowest BCUT2D eigenvalue weighted by molar-refractivity contribution is -0.127. The van der Waals surface area contributed by atoms with Crippen LogP contribution in [0.5, 0.6) is 0 Å². The summed E-state index contributed by atoms with van der Waals surface area (Å²) >= 11 is 0. The van der Waals surface area contributed by atoms with E-state index < -0.39 is 0 Å². The van der Waals surface area contributed by atoms with Crippen molar-refractivity contribution in [3.63, 3.8) is 0 Å². The van der Waals surface area contributed by atoms with Gasteiger partial charge in [0.1, 0.15) is 5.82 Å². The average molecular weight is 281 g/mol. The Morgan fingerprint density at radius 1 is 1.47 bits per heavy atom. The largest absolute Gasteiger partial charge is 0.336 e. The van der Waals surface area contributed by atoms with Crippen LogP contribution in [0.1, 0.15) is 18.3 Å². The summed E-state index contributed by atoms with van der Waals surface area (Å²) in [7, 11) is 3.75. The van der Waals surface area contributed by atoms with Crippen LogP contribution in [-0.2, 0) is 11.8 Å². The quantitative estimate of drug-likeness (QED) is 0.869. The maximum absolute atomic E-state index is 11.6. The van der Waals surface area contributed by atoms with Crippen LogP contribution in [0.3, 0.4) is 0 Å². The van der Waals surface area contributed by atoms with Crippen LogP contribution < -0.4 is 5.73 Å². The third kappa shape index (κ3) is 2.73. The van der Waals surface area contributed by atoms with E-state index in [9.17, 15) is 4.79 Å². The van der Waals surface area contributed by atoms with Gasteiger partial charge in [0.2, 0.25) is 5.91 Å². The summed E-state index contributed by atoms with van der Waals surface area (Å²) in [5.41, 5.74) is 5.69. The Hall–Kier alpha value is -0.780. The van der Waals surface area contributed by atoms with Gasteiger partial charge in [-0.05, 0) is 6.54 Å². The molecule has 1 aliphatic heterocycles. The highest BCUT2D eigenvalue weighted by Crippen LogP contribution is 2.34. The number of nitrogens with two attached hydrogens (primary N) is 1. The number of aryl methyl sites for hydroxylation is 1. The number of nitrogens with zero attached hydrogens (tertiary/aromatic N) is 3. The molecule has 7 heteroatoms. The number of halogens is 2. The summed E-state index contributed by atoms with van der Waals surface area (Å²) in [6.07, 6.45) is 4.17. The first-order valence-electron chi connectivity index (χ1n) is 5.08. The lowest BCUT2D eigenvalue weighted by Gasteiger charge is -2.23. The molecule has 1 fully saturated rings. The van der Waals surface area contributed by atoms with Gasteiger partial charge in [-0.2, -0.15) is 0 Å². The van der Waals surface area contributed by atoms with Gasteiger partial charge in [-0.25, -0.2) is 4.98 Å². The summed E-state index contributed by atoms with van der Waals surface area (Å²) < 4.78 is 1.95. The Kier molecular flexibility index (Phi) is 5.95. The molecule has 0 bridgehead atoms. The molecule has 2 rings (SSSR count). The smallest absolute Gasteiger partial charge is 0.223 e. The normalized spacial score (nSPS) is 23.2. The molecule has 0 aromatic carbocycles. The summed E-state index contributed by atoms with van der Waals surface area (Å²) in [6.45, 7) is 0.521. The first-order chi connectivity index (χ1) is 7.15. The van der Waals surface area contributed by atoms with Crippen LogP contribution in [0.25, 0.3) is 0 Å². The minimum absolute atomic E-state index is 0. The molecule has 2 N–H and O–H groups in total. The first-order valence-corrected chi connectivity index (χ1v) is 5.08. The monoisotopic (exact) mass is 280 g/mol. The number of likely N-dealkylation sites (tertiary alicyclic amines) is 1. The Morgan fingerprint density at radius 2 is 2.12 bits per heavy atom. The summed E-state index contributed by atoms with van der Waals surface area (Å²) in [4.78, 5) is 17.6. The minimum Gasteiger partial charge on any atom is -0.336 e. The molecule has 17 heavy (non-hydrogen) atoms. The number of hydrogen-bond acceptors (Lipinski definition) is 3. The van der Waals surface area contributed by atoms with Gasteiger partial charge in [0, 0.05) is 38.8 Å². The molecule has 1 aromatic heterocycles. The van der Waals surface area contributed by atoms with Crippen LogP contribution >= 0.6 is 24.8 Å². The molecule has 2 atom stereocenters. The molecule has 0 radical (unpaired) electrons. The highest BCUT2D eigenvalue weighted by molar-refractivity contribution is 5.85. The molecular formula is C10H18Cl2N4O. The number of hydrogen-bond donors (Lipinski definition) is 1. The molecule has 0 aliphatic carbocycles. The molecule has 0 saturated carbocycles. The van der Waals surface area contributed by atoms with Gasteiger partial charge in [-0.3, -0.25) is 4.79 Å². The average Bonchev–Trinajstić information content (AvgIpc) is 2.73. The lowest BCUT2D eigenvalue weighted by Crippen LogP contribution is -2.28. The van der Waals surface area contributed by atoms with Crippen molar-refractivity contribution in [3.05, 3.63) is 18.2 Å². The highest BCUT2D eigenvalue weighted by atomic mass is 35.5. The van der Waals surface area contributed by atoms with Crippen molar-refractivity contribution in [2.75, 3.05) is 13.6 Å². The molecule has 5 nitrogen and oxygen atoms in total. The van der Waals surface area contributed by atoms with Crippen molar-refractivity contribution in [2.24, 2.45) is 18.7 Å². The van der Waals surface area contributed by atoms with Gasteiger partial charge in [-0.1, -0.05) is 0 Å². The van der Waals surface area contributed by atoms with Crippen molar-refractivity contribution < 1.29 is 4.79 Å². The number of carbonyl (C=O) groups is 1. The van der Waals surface area contributed by atoms with Crippen molar-refractivity contribution in [1.82, 2.24) is 14.5 Å². The Bertz CT molecular complexity index is 382. The van der Waals surface area contributed by atoms with Crippen LogP contribution in [-0.4, -0.2) is 34.0 Å². The van der Waals surface area contributed by atoms with E-state index in [-0.39, 0.29) is 42.7 Å². The van der Waals surface area contributed by atoms with Crippen LogP contribution in [0.15, 0.2) is 12.4 Å². The molecule has 0 spiro atoms. The predicted octanol–water partition coefficient (Wildman–Crippen LogP) is 0.742. The summed E-state index contributed by atoms with van der Waals surface area (Å²) in [5, 5.41) is 0. The van der Waals surface area contributed by atoms with Crippen molar-refractivity contribution in [1.29, 1.82) is 0 Å². The summed E-state index contributed by atoms with van der Waals surface area (Å²) in [5.74, 6) is 1.25. The standard InChI is InChI=1S/C10H16N4O.2ClH/c1-13-4-3-12-10(13)9-7(6-11)5-8(15)14(9)2;;/h3-4,7,9H,5-6,11H2,1-2H3;2*1H/t7-,9+;;/m1../s1. The van der Waals surface area contributed by atoms with E-state index in [1.807, 2.05) is 24.9 Å². The van der Waals surface area contributed by atoms with Crippen molar-refractivity contribution in [2.45, 2.75) is 12.5 Å². The zero-order valence-corrected chi connectivity index (χ0v) is 11.5. The number of carbonyl (C=O) groups excluding carboxylic acids is 1. The van der Waals surface area contributed by atoms with E-state index in [0.717, 1.165) is 5.82 Å². The maximum Gasteiger partial charge on any atom is 0.223 e. The Labute approximate surface area is 113 Å². The van der Waals surface area contributed by atoms with Gasteiger partial charge in [0.15, 0.2) is 0 Å². The Balaban J connectivity index is 0.00000128. The maximum atomic E-state index is 11.6. The zero-order chi connectivity index (χ0) is 11.0. The van der Waals surface area contributed by atoms with E-state index in [2.05, 4.69) is 4.98 Å². The SMILES string of the molecule is CN1C(=O)C[C@H](CN)[C@H]1c1nccn1C.Cl.Cl. The minimum atomic E-state index is 0. The fourth-order valence-corrected chi connectivity index (χ4v) is 2.21. The molecule has 1 saturated heterocycles. The van der Waals surface area contributed by atoms with Gasteiger partial charge in [0.25, 0.3) is 0 Å². The predicted molar refractivity (Wildman–Crippen MR) is 70.4 cm³/mol. The molecule has 2 heterocycles. The van der Waals surface area contributed by atoms with Gasteiger partial charge < -0.3 is 15.2 Å². The first kappa shape index (κ1) is 16.2. The molecule has 1 aromatic rings. The Morgan fingerprint density at radius 3 is 2.59 bits per heavy atom. The molecule has 0 unspecified atom stereocenters. The topological polar surface area (TPSA) is 64.2 Å². The van der Waals surface area contributed by atoms with E-state index in [0.29, 0.717) is 13.0 Å². The van der Waals surface area contributed by atoms with Crippen LogP contribution in [0, 0.1) is 5.92 Å². The van der Waals surface area contributed by atoms with E-state index >= 15 is 0 Å². The fraction of sp³-hybridized carbons (Fsp3) is 0.600. The molecular weight excluding hydrogens is 263 g/mol. The lowest BCUT2D eigenvalue weighted by atomic mass is 10.00. The van der Waals surface area contributed by atoms with E-state index in [1.54, 1.807) is 11.1 Å². The molecule has 98 valence electrons. The van der Waals surface area contributed by atoms with Gasteiger partial charge >= 0.3 is 0 Å². The highest BCUT2D eigenvalue weighted by Gasteiger charge is 2.39. The third-order valence-corrected chi connectivity index (χ3v) is 3.12. The zero-order valence-electron chi connectivity index (χ0n) is 9.87. The second-order valence-electron chi connectivity index (χ2n) is 4.05. The van der Waals surface area contributed by atoms with E-state index in [4.69, 9.17) is 5.73 Å². The van der Waals surface area contributed by atoms with Crippen molar-refractivity contribution in [3.8, 4) is 0 Å². The number of imidazole rings is 1. The molecule has 1 amide bonds. The second kappa shape index (κ2) is 6.23. The third-order valence-electron chi connectivity index (χ3n) is 3.12. The van der Waals surface area contributed by atoms with Crippen LogP contribution in [0.4, 0.5) is 0 Å². The van der Waals surface area contributed by atoms with Gasteiger partial charge in [0.05, 0.1) is 6.04 Å². The summed E-state index contributed by atoms with van der Waals surface area (Å²) in [6, 6.07) is 0.0301. The van der Waals surface area contributed by atoms with E-state index in [1.165, 1.54) is 0 Å². The number of amides is 1. The molecule has 1 aliphatic rings. The van der Waals surface area contributed by atoms with Crippen LogP contribution in [0.2, 0.25) is 0 Å². The number of aromatic nitrogens is 2. The van der Waals surface area contributed by atoms with Crippen molar-refractivity contribution >= 4 is 30.7 Å². The van der Waals surface area contributed by atoms with Gasteiger partial charge in [-0.15, -0.1) is 24.8 Å². The second-order valence-corrected chi connectivity index (χ2v) is 4.05.